The van der Waals surface area contributed by atoms with Crippen LogP contribution in [0, 0.1) is 0 Å². The van der Waals surface area contributed by atoms with Crippen LogP contribution in [0.25, 0.3) is 5.70 Å². The molecule has 0 fully saturated rings. The molecule has 3 heterocycles. The fraction of sp³-hybridized carbons (Fsp3) is 0.429. The highest BCUT2D eigenvalue weighted by molar-refractivity contribution is 8.16. The van der Waals surface area contributed by atoms with Gasteiger partial charge in [0.15, 0.2) is 17.5 Å². The number of carbonyl (C=O) groups excluding carboxylic acids is 1. The van der Waals surface area contributed by atoms with Crippen LogP contribution in [0.1, 0.15) is 50.2 Å². The monoisotopic (exact) mass is 491 g/mol. The summed E-state index contributed by atoms with van der Waals surface area (Å²) < 4.78 is 12.0. The Morgan fingerprint density at radius 3 is 2.86 bits per heavy atom. The van der Waals surface area contributed by atoms with Gasteiger partial charge in [-0.25, -0.2) is 0 Å². The summed E-state index contributed by atoms with van der Waals surface area (Å²) in [5, 5.41) is 3.23. The van der Waals surface area contributed by atoms with Crippen LogP contribution in [0.2, 0.25) is 0 Å². The molecule has 0 unspecified atom stereocenters. The highest BCUT2D eigenvalue weighted by atomic mass is 32.2. The molecule has 2 aromatic carbocycles. The van der Waals surface area contributed by atoms with E-state index in [4.69, 9.17) is 9.47 Å². The summed E-state index contributed by atoms with van der Waals surface area (Å²) in [6.07, 6.45) is 6.59. The van der Waals surface area contributed by atoms with Gasteiger partial charge in [-0.05, 0) is 49.1 Å². The number of fused-ring (bicyclic) bond motifs is 2. The molecule has 184 valence electrons. The van der Waals surface area contributed by atoms with Gasteiger partial charge >= 0.3 is 0 Å². The molecule has 1 amide bonds. The molecule has 0 saturated heterocycles. The van der Waals surface area contributed by atoms with Crippen molar-refractivity contribution in [2.75, 3.05) is 37.7 Å². The highest BCUT2D eigenvalue weighted by Crippen LogP contribution is 2.45. The first-order valence-corrected chi connectivity index (χ1v) is 13.6. The lowest BCUT2D eigenvalue weighted by Gasteiger charge is -2.32. The van der Waals surface area contributed by atoms with Gasteiger partial charge in [0.1, 0.15) is 5.75 Å². The topological polar surface area (TPSA) is 54.4 Å². The second-order valence-corrected chi connectivity index (χ2v) is 9.92. The van der Waals surface area contributed by atoms with E-state index in [1.54, 1.807) is 11.8 Å². The lowest BCUT2D eigenvalue weighted by Crippen LogP contribution is -2.40. The molecule has 7 heteroatoms. The van der Waals surface area contributed by atoms with Crippen LogP contribution in [0.3, 0.4) is 0 Å². The van der Waals surface area contributed by atoms with Gasteiger partial charge in [0.25, 0.3) is 5.91 Å². The Morgan fingerprint density at radius 2 is 2.00 bits per heavy atom. The second kappa shape index (κ2) is 11.2. The molecule has 0 atom stereocenters. The summed E-state index contributed by atoms with van der Waals surface area (Å²) in [7, 11) is 0. The third-order valence-electron chi connectivity index (χ3n) is 6.56. The quantitative estimate of drug-likeness (QED) is 0.376. The van der Waals surface area contributed by atoms with Gasteiger partial charge in [-0.15, -0.1) is 0 Å². The second-order valence-electron chi connectivity index (χ2n) is 9.09. The van der Waals surface area contributed by atoms with E-state index in [0.29, 0.717) is 13.2 Å². The molecule has 35 heavy (non-hydrogen) atoms. The Balaban J connectivity index is 1.38. The summed E-state index contributed by atoms with van der Waals surface area (Å²) >= 11 is 1.67. The Hall–Kier alpha value is -2.93. The van der Waals surface area contributed by atoms with Gasteiger partial charge in [-0.2, -0.15) is 0 Å². The largest absolute Gasteiger partial charge is 0.494 e. The van der Waals surface area contributed by atoms with Crippen LogP contribution in [-0.2, 0) is 11.2 Å². The molecule has 3 aliphatic heterocycles. The maximum absolute atomic E-state index is 13.0. The van der Waals surface area contributed by atoms with E-state index in [2.05, 4.69) is 34.4 Å². The number of aryl methyl sites for hydroxylation is 1. The van der Waals surface area contributed by atoms with Crippen molar-refractivity contribution in [3.8, 4) is 11.5 Å². The number of nitrogens with zero attached hydrogens (tertiary/aromatic N) is 3. The summed E-state index contributed by atoms with van der Waals surface area (Å²) in [6.45, 7) is 5.18. The standard InChI is InChI=1S/C28H33N3O3S/c1-2-3-4-6-10-21-17-23(25-20-35-28-29-13-15-31(25)28)27-24(18-21)30(26(32)19-34-27)14-9-16-33-22-11-7-5-8-12-22/h5,7-8,11-12,17-18,20H,2-4,6,9-10,13-16,19H2,1H3. The number of anilines is 1. The third-order valence-corrected chi connectivity index (χ3v) is 7.46. The van der Waals surface area contributed by atoms with Crippen molar-refractivity contribution in [2.45, 2.75) is 45.4 Å². The SMILES string of the molecule is CCCCCCc1cc(C2=CSC3=NCCN23)c2c(c1)N(CCCOc1ccccc1)C(=O)CO2. The van der Waals surface area contributed by atoms with Crippen molar-refractivity contribution in [1.82, 2.24) is 4.90 Å². The van der Waals surface area contributed by atoms with Gasteiger partial charge in [-0.3, -0.25) is 9.79 Å². The van der Waals surface area contributed by atoms with Gasteiger partial charge in [0.05, 0.1) is 24.5 Å². The van der Waals surface area contributed by atoms with Crippen LogP contribution in [-0.4, -0.2) is 48.8 Å². The van der Waals surface area contributed by atoms with E-state index >= 15 is 0 Å². The number of benzene rings is 2. The minimum atomic E-state index is 0.00416. The van der Waals surface area contributed by atoms with Crippen molar-refractivity contribution in [2.24, 2.45) is 4.99 Å². The number of amidine groups is 1. The number of hydrogen-bond donors (Lipinski definition) is 0. The van der Waals surface area contributed by atoms with Crippen LogP contribution >= 0.6 is 11.8 Å². The predicted octanol–water partition coefficient (Wildman–Crippen LogP) is 5.72. The smallest absolute Gasteiger partial charge is 0.265 e. The molecule has 0 spiro atoms. The average molecular weight is 492 g/mol. The van der Waals surface area contributed by atoms with Crippen molar-refractivity contribution in [3.63, 3.8) is 0 Å². The van der Waals surface area contributed by atoms with Crippen LogP contribution < -0.4 is 14.4 Å². The third kappa shape index (κ3) is 5.35. The van der Waals surface area contributed by atoms with Crippen molar-refractivity contribution < 1.29 is 14.3 Å². The Labute approximate surface area is 212 Å². The number of hydrogen-bond acceptors (Lipinski definition) is 6. The Kier molecular flexibility index (Phi) is 7.62. The molecule has 3 aliphatic rings. The number of para-hydroxylation sites is 1. The number of carbonyl (C=O) groups is 1. The molecule has 0 aromatic heterocycles. The number of unbranched alkanes of at least 4 members (excludes halogenated alkanes) is 3. The van der Waals surface area contributed by atoms with E-state index in [1.165, 1.54) is 24.8 Å². The zero-order valence-corrected chi connectivity index (χ0v) is 21.2. The van der Waals surface area contributed by atoms with Crippen molar-refractivity contribution in [1.29, 1.82) is 0 Å². The molecule has 0 bridgehead atoms. The van der Waals surface area contributed by atoms with Crippen molar-refractivity contribution in [3.05, 3.63) is 59.0 Å². The van der Waals surface area contributed by atoms with E-state index in [0.717, 1.165) is 66.0 Å². The molecule has 0 radical (unpaired) electrons. The molecule has 0 aliphatic carbocycles. The first-order chi connectivity index (χ1) is 17.2. The Morgan fingerprint density at radius 1 is 1.11 bits per heavy atom. The lowest BCUT2D eigenvalue weighted by molar-refractivity contribution is -0.121. The normalized spacial score (nSPS) is 16.5. The highest BCUT2D eigenvalue weighted by Gasteiger charge is 2.34. The number of rotatable bonds is 11. The first-order valence-electron chi connectivity index (χ1n) is 12.7. The van der Waals surface area contributed by atoms with Crippen molar-refractivity contribution >= 4 is 34.2 Å². The van der Waals surface area contributed by atoms with Gasteiger partial charge < -0.3 is 19.3 Å². The molecular weight excluding hydrogens is 458 g/mol. The molecule has 5 rings (SSSR count). The van der Waals surface area contributed by atoms with E-state index in [9.17, 15) is 4.79 Å². The van der Waals surface area contributed by atoms with Gasteiger partial charge in [0, 0.05) is 24.1 Å². The van der Waals surface area contributed by atoms with Crippen LogP contribution in [0.15, 0.2) is 52.9 Å². The number of thioether (sulfide) groups is 1. The first kappa shape index (κ1) is 23.8. The molecule has 0 saturated carbocycles. The van der Waals surface area contributed by atoms with Crippen LogP contribution in [0.4, 0.5) is 5.69 Å². The average Bonchev–Trinajstić information content (AvgIpc) is 3.50. The Bertz CT molecular complexity index is 1120. The minimum absolute atomic E-state index is 0.00416. The molecule has 0 N–H and O–H groups in total. The molecule has 6 nitrogen and oxygen atoms in total. The summed E-state index contributed by atoms with van der Waals surface area (Å²) in [6, 6.07) is 14.3. The van der Waals surface area contributed by atoms with E-state index < -0.39 is 0 Å². The van der Waals surface area contributed by atoms with Crippen LogP contribution in [0.5, 0.6) is 11.5 Å². The number of amides is 1. The summed E-state index contributed by atoms with van der Waals surface area (Å²) in [4.78, 5) is 21.7. The molecular formula is C28H33N3O3S. The maximum atomic E-state index is 13.0. The number of ether oxygens (including phenoxy) is 2. The van der Waals surface area contributed by atoms with E-state index in [1.807, 2.05) is 35.2 Å². The van der Waals surface area contributed by atoms with Gasteiger partial charge in [-0.1, -0.05) is 56.1 Å². The summed E-state index contributed by atoms with van der Waals surface area (Å²) in [5.41, 5.74) is 4.36. The van der Waals surface area contributed by atoms with Gasteiger partial charge in [0.2, 0.25) is 0 Å². The number of aliphatic imine (C=N–C) groups is 1. The lowest BCUT2D eigenvalue weighted by atomic mass is 9.99. The minimum Gasteiger partial charge on any atom is -0.494 e. The zero-order valence-electron chi connectivity index (χ0n) is 20.4. The maximum Gasteiger partial charge on any atom is 0.265 e. The fourth-order valence-electron chi connectivity index (χ4n) is 4.77. The predicted molar refractivity (Wildman–Crippen MR) is 143 cm³/mol. The fourth-order valence-corrected chi connectivity index (χ4v) is 5.72. The summed E-state index contributed by atoms with van der Waals surface area (Å²) in [5.74, 6) is 1.67. The van der Waals surface area contributed by atoms with E-state index in [-0.39, 0.29) is 12.5 Å². The zero-order chi connectivity index (χ0) is 24.0. The molecule has 2 aromatic rings.